The van der Waals surface area contributed by atoms with Crippen molar-refractivity contribution < 1.29 is 14.3 Å². The summed E-state index contributed by atoms with van der Waals surface area (Å²) in [6, 6.07) is 9.05. The summed E-state index contributed by atoms with van der Waals surface area (Å²) in [6.07, 6.45) is -0.835. The van der Waals surface area contributed by atoms with Crippen molar-refractivity contribution in [3.63, 3.8) is 0 Å². The molecule has 0 radical (unpaired) electrons. The average Bonchev–Trinajstić information content (AvgIpc) is 2.14. The van der Waals surface area contributed by atoms with Crippen molar-refractivity contribution in [2.45, 2.75) is 25.7 Å². The maximum Gasteiger partial charge on any atom is 0.336 e. The third kappa shape index (κ3) is 3.85. The highest BCUT2D eigenvalue weighted by Gasteiger charge is 2.27. The van der Waals surface area contributed by atoms with E-state index < -0.39 is 20.4 Å². The molecule has 1 N–H and O–H groups in total. The zero-order valence-electron chi connectivity index (χ0n) is 9.23. The summed E-state index contributed by atoms with van der Waals surface area (Å²) in [6.45, 7) is 5.93. The van der Waals surface area contributed by atoms with Gasteiger partial charge in [0.2, 0.25) is 0 Å². The van der Waals surface area contributed by atoms with E-state index in [-0.39, 0.29) is 0 Å². The molecule has 15 heavy (non-hydrogen) atoms. The van der Waals surface area contributed by atoms with Crippen LogP contribution in [0.2, 0.25) is 19.6 Å². The SMILES string of the molecule is C[Si](C)(C)OC(C(=O)O)c1ccccc1. The van der Waals surface area contributed by atoms with E-state index in [1.807, 2.05) is 37.8 Å². The average molecular weight is 224 g/mol. The van der Waals surface area contributed by atoms with Crippen LogP contribution in [0.1, 0.15) is 11.7 Å². The molecule has 0 spiro atoms. The van der Waals surface area contributed by atoms with E-state index in [0.29, 0.717) is 5.56 Å². The van der Waals surface area contributed by atoms with E-state index in [1.165, 1.54) is 0 Å². The number of benzene rings is 1. The lowest BCUT2D eigenvalue weighted by atomic mass is 10.1. The van der Waals surface area contributed by atoms with Gasteiger partial charge in [-0.25, -0.2) is 4.79 Å². The first kappa shape index (κ1) is 11.9. The van der Waals surface area contributed by atoms with Crippen molar-refractivity contribution in [1.82, 2.24) is 0 Å². The quantitative estimate of drug-likeness (QED) is 0.800. The molecule has 0 aliphatic rings. The van der Waals surface area contributed by atoms with Gasteiger partial charge in [-0.2, -0.15) is 0 Å². The Labute approximate surface area is 90.8 Å². The fourth-order valence-corrected chi connectivity index (χ4v) is 2.19. The molecule has 0 heterocycles. The number of rotatable bonds is 4. The molecule has 0 saturated heterocycles. The van der Waals surface area contributed by atoms with Crippen molar-refractivity contribution in [3.8, 4) is 0 Å². The molecule has 4 heteroatoms. The zero-order valence-corrected chi connectivity index (χ0v) is 10.2. The fourth-order valence-electron chi connectivity index (χ4n) is 1.24. The highest BCUT2D eigenvalue weighted by Crippen LogP contribution is 2.22. The van der Waals surface area contributed by atoms with Gasteiger partial charge in [-0.15, -0.1) is 0 Å². The first-order valence-corrected chi connectivity index (χ1v) is 8.26. The molecule has 1 atom stereocenters. The molecule has 0 aromatic heterocycles. The van der Waals surface area contributed by atoms with Crippen molar-refractivity contribution in [2.75, 3.05) is 0 Å². The van der Waals surface area contributed by atoms with Crippen LogP contribution in [0.5, 0.6) is 0 Å². The molecule has 82 valence electrons. The van der Waals surface area contributed by atoms with Gasteiger partial charge >= 0.3 is 5.97 Å². The molecule has 0 bridgehead atoms. The Hall–Kier alpha value is -1.13. The third-order valence-corrected chi connectivity index (χ3v) is 2.74. The van der Waals surface area contributed by atoms with Crippen molar-refractivity contribution in [2.24, 2.45) is 0 Å². The lowest BCUT2D eigenvalue weighted by molar-refractivity contribution is -0.145. The summed E-state index contributed by atoms with van der Waals surface area (Å²) < 4.78 is 5.62. The monoisotopic (exact) mass is 224 g/mol. The maximum absolute atomic E-state index is 11.1. The summed E-state index contributed by atoms with van der Waals surface area (Å²) in [5, 5.41) is 9.09. The molecule has 0 aliphatic carbocycles. The van der Waals surface area contributed by atoms with Crippen LogP contribution in [-0.2, 0) is 9.22 Å². The van der Waals surface area contributed by atoms with Gasteiger partial charge in [0.05, 0.1) is 0 Å². The van der Waals surface area contributed by atoms with Crippen LogP contribution in [0.25, 0.3) is 0 Å². The molecule has 0 amide bonds. The topological polar surface area (TPSA) is 46.5 Å². The third-order valence-electron chi connectivity index (χ3n) is 1.80. The first-order chi connectivity index (χ1) is 6.90. The summed E-state index contributed by atoms with van der Waals surface area (Å²) in [5.41, 5.74) is 0.701. The van der Waals surface area contributed by atoms with Crippen molar-refractivity contribution in [3.05, 3.63) is 35.9 Å². The summed E-state index contributed by atoms with van der Waals surface area (Å²) in [7, 11) is -1.85. The number of carbonyl (C=O) groups is 1. The Bertz CT molecular complexity index is 329. The second kappa shape index (κ2) is 4.59. The van der Waals surface area contributed by atoms with E-state index in [1.54, 1.807) is 12.1 Å². The van der Waals surface area contributed by atoms with Gasteiger partial charge in [0, 0.05) is 0 Å². The number of carboxylic acid groups (broad SMARTS) is 1. The van der Waals surface area contributed by atoms with E-state index in [9.17, 15) is 4.79 Å². The molecule has 1 unspecified atom stereocenters. The van der Waals surface area contributed by atoms with Gasteiger partial charge < -0.3 is 9.53 Å². The van der Waals surface area contributed by atoms with E-state index in [0.717, 1.165) is 0 Å². The zero-order chi connectivity index (χ0) is 11.5. The van der Waals surface area contributed by atoms with Crippen LogP contribution in [0, 0.1) is 0 Å². The minimum atomic E-state index is -1.85. The van der Waals surface area contributed by atoms with E-state index in [2.05, 4.69) is 0 Å². The van der Waals surface area contributed by atoms with Crippen LogP contribution >= 0.6 is 0 Å². The predicted octanol–water partition coefficient (Wildman–Crippen LogP) is 2.66. The number of hydrogen-bond acceptors (Lipinski definition) is 2. The van der Waals surface area contributed by atoms with Crippen molar-refractivity contribution in [1.29, 1.82) is 0 Å². The summed E-state index contributed by atoms with van der Waals surface area (Å²) >= 11 is 0. The first-order valence-electron chi connectivity index (χ1n) is 4.86. The Morgan fingerprint density at radius 2 is 1.80 bits per heavy atom. The highest BCUT2D eigenvalue weighted by atomic mass is 28.4. The summed E-state index contributed by atoms with van der Waals surface area (Å²) in [4.78, 5) is 11.1. The Balaban J connectivity index is 2.90. The second-order valence-corrected chi connectivity index (χ2v) is 8.82. The fraction of sp³-hybridized carbons (Fsp3) is 0.364. The lowest BCUT2D eigenvalue weighted by Gasteiger charge is -2.23. The molecule has 3 nitrogen and oxygen atoms in total. The standard InChI is InChI=1S/C11H16O3Si/c1-15(2,3)14-10(11(12)13)9-7-5-4-6-8-9/h4-8,10H,1-3H3,(H,12,13). The molecule has 1 rings (SSSR count). The summed E-state index contributed by atoms with van der Waals surface area (Å²) in [5.74, 6) is -0.927. The van der Waals surface area contributed by atoms with Gasteiger partial charge in [-0.05, 0) is 25.2 Å². The van der Waals surface area contributed by atoms with Gasteiger partial charge in [0.25, 0.3) is 0 Å². The van der Waals surface area contributed by atoms with Gasteiger partial charge in [0.1, 0.15) is 0 Å². The second-order valence-electron chi connectivity index (χ2n) is 4.36. The molecule has 0 aliphatic heterocycles. The van der Waals surface area contributed by atoms with E-state index in [4.69, 9.17) is 9.53 Å². The molecular formula is C11H16O3Si. The minimum Gasteiger partial charge on any atom is -0.479 e. The van der Waals surface area contributed by atoms with E-state index >= 15 is 0 Å². The Morgan fingerprint density at radius 3 is 2.20 bits per heavy atom. The normalized spacial score (nSPS) is 13.5. The van der Waals surface area contributed by atoms with Gasteiger partial charge in [-0.1, -0.05) is 30.3 Å². The Morgan fingerprint density at radius 1 is 1.27 bits per heavy atom. The van der Waals surface area contributed by atoms with Crippen molar-refractivity contribution >= 4 is 14.3 Å². The maximum atomic E-state index is 11.1. The molecule has 1 aromatic rings. The number of hydrogen-bond donors (Lipinski definition) is 1. The van der Waals surface area contributed by atoms with Gasteiger partial charge in [0.15, 0.2) is 14.4 Å². The van der Waals surface area contributed by atoms with Crippen LogP contribution in [0.4, 0.5) is 0 Å². The number of carboxylic acids is 1. The minimum absolute atomic E-state index is 0.701. The molecule has 1 aromatic carbocycles. The molecule has 0 saturated carbocycles. The lowest BCUT2D eigenvalue weighted by Crippen LogP contribution is -2.31. The smallest absolute Gasteiger partial charge is 0.336 e. The van der Waals surface area contributed by atoms with Gasteiger partial charge in [-0.3, -0.25) is 0 Å². The van der Waals surface area contributed by atoms with Crippen LogP contribution < -0.4 is 0 Å². The van der Waals surface area contributed by atoms with Crippen LogP contribution in [-0.4, -0.2) is 19.4 Å². The van der Waals surface area contributed by atoms with Crippen LogP contribution in [0.3, 0.4) is 0 Å². The Kier molecular flexibility index (Phi) is 3.65. The van der Waals surface area contributed by atoms with Crippen LogP contribution in [0.15, 0.2) is 30.3 Å². The number of aliphatic carboxylic acids is 1. The highest BCUT2D eigenvalue weighted by molar-refractivity contribution is 6.69. The predicted molar refractivity (Wildman–Crippen MR) is 61.2 cm³/mol. The molecular weight excluding hydrogens is 208 g/mol. The largest absolute Gasteiger partial charge is 0.479 e. The molecule has 0 fully saturated rings.